The van der Waals surface area contributed by atoms with E-state index < -0.39 is 0 Å². The summed E-state index contributed by atoms with van der Waals surface area (Å²) in [7, 11) is 0. The molecule has 1 aromatic carbocycles. The van der Waals surface area contributed by atoms with Gasteiger partial charge in [0.15, 0.2) is 0 Å². The maximum atomic E-state index is 13.5. The van der Waals surface area contributed by atoms with Crippen LogP contribution >= 0.6 is 15.9 Å². The predicted molar refractivity (Wildman–Crippen MR) is 76.8 cm³/mol. The second kappa shape index (κ2) is 6.16. The molecule has 1 nitrogen and oxygen atoms in total. The van der Waals surface area contributed by atoms with Crippen molar-refractivity contribution in [1.29, 1.82) is 0 Å². The van der Waals surface area contributed by atoms with Crippen molar-refractivity contribution >= 4 is 15.9 Å². The summed E-state index contributed by atoms with van der Waals surface area (Å²) in [5.41, 5.74) is 7.27. The molecule has 0 aliphatic heterocycles. The van der Waals surface area contributed by atoms with Gasteiger partial charge in [0.05, 0.1) is 4.47 Å². The van der Waals surface area contributed by atoms with Gasteiger partial charge in [0, 0.05) is 6.04 Å². The van der Waals surface area contributed by atoms with Crippen LogP contribution in [0.2, 0.25) is 0 Å². The molecule has 0 spiro atoms. The van der Waals surface area contributed by atoms with E-state index in [1.807, 2.05) is 6.07 Å². The van der Waals surface area contributed by atoms with Crippen LogP contribution in [0.25, 0.3) is 0 Å². The SMILES string of the molecule is CCC1CCCC(C(N)c2cccc(F)c2Br)C1. The van der Waals surface area contributed by atoms with Crippen LogP contribution in [0.1, 0.15) is 50.6 Å². The third-order valence-corrected chi connectivity index (χ3v) is 5.09. The minimum Gasteiger partial charge on any atom is -0.324 e. The molecular formula is C15H21BrFN. The molecule has 0 saturated heterocycles. The summed E-state index contributed by atoms with van der Waals surface area (Å²) in [5.74, 6) is 1.06. The van der Waals surface area contributed by atoms with E-state index in [9.17, 15) is 4.39 Å². The molecule has 1 fully saturated rings. The fraction of sp³-hybridized carbons (Fsp3) is 0.600. The van der Waals surface area contributed by atoms with Crippen molar-refractivity contribution in [2.45, 2.75) is 45.1 Å². The fourth-order valence-corrected chi connectivity index (χ4v) is 3.59. The average Bonchev–Trinajstić information content (AvgIpc) is 2.41. The number of nitrogens with two attached hydrogens (primary N) is 1. The lowest BCUT2D eigenvalue weighted by atomic mass is 9.75. The Balaban J connectivity index is 2.15. The second-order valence-electron chi connectivity index (χ2n) is 5.37. The highest BCUT2D eigenvalue weighted by molar-refractivity contribution is 9.10. The molecule has 2 rings (SSSR count). The van der Waals surface area contributed by atoms with E-state index in [0.717, 1.165) is 11.5 Å². The molecule has 2 N–H and O–H groups in total. The third-order valence-electron chi connectivity index (χ3n) is 4.25. The predicted octanol–water partition coefficient (Wildman–Crippen LogP) is 4.80. The largest absolute Gasteiger partial charge is 0.324 e. The lowest BCUT2D eigenvalue weighted by Gasteiger charge is -2.33. The van der Waals surface area contributed by atoms with Crippen molar-refractivity contribution in [2.75, 3.05) is 0 Å². The van der Waals surface area contributed by atoms with Gasteiger partial charge in [0.1, 0.15) is 5.82 Å². The van der Waals surface area contributed by atoms with Crippen LogP contribution in [-0.2, 0) is 0 Å². The standard InChI is InChI=1S/C15H21BrFN/c1-2-10-5-3-6-11(9-10)15(18)12-7-4-8-13(17)14(12)16/h4,7-8,10-11,15H,2-3,5-6,9,18H2,1H3. The monoisotopic (exact) mass is 313 g/mol. The van der Waals surface area contributed by atoms with Gasteiger partial charge in [0.25, 0.3) is 0 Å². The van der Waals surface area contributed by atoms with Crippen molar-refractivity contribution in [3.05, 3.63) is 34.1 Å². The molecule has 100 valence electrons. The summed E-state index contributed by atoms with van der Waals surface area (Å²) >= 11 is 3.32. The molecule has 0 heterocycles. The van der Waals surface area contributed by atoms with Gasteiger partial charge in [-0.15, -0.1) is 0 Å². The highest BCUT2D eigenvalue weighted by atomic mass is 79.9. The zero-order valence-electron chi connectivity index (χ0n) is 10.8. The molecular weight excluding hydrogens is 293 g/mol. The molecule has 0 aromatic heterocycles. The molecule has 3 atom stereocenters. The van der Waals surface area contributed by atoms with E-state index in [-0.39, 0.29) is 11.9 Å². The first kappa shape index (κ1) is 14.0. The highest BCUT2D eigenvalue weighted by Gasteiger charge is 2.27. The Bertz CT molecular complexity index is 407. The smallest absolute Gasteiger partial charge is 0.137 e. The first-order valence-electron chi connectivity index (χ1n) is 6.83. The first-order chi connectivity index (χ1) is 8.63. The summed E-state index contributed by atoms with van der Waals surface area (Å²) in [6.45, 7) is 2.25. The van der Waals surface area contributed by atoms with Crippen LogP contribution in [0, 0.1) is 17.7 Å². The Morgan fingerprint density at radius 2 is 2.22 bits per heavy atom. The summed E-state index contributed by atoms with van der Waals surface area (Å²) in [6.07, 6.45) is 6.16. The molecule has 1 aliphatic rings. The van der Waals surface area contributed by atoms with E-state index in [0.29, 0.717) is 10.4 Å². The molecule has 0 bridgehead atoms. The lowest BCUT2D eigenvalue weighted by molar-refractivity contribution is 0.230. The highest BCUT2D eigenvalue weighted by Crippen LogP contribution is 2.39. The molecule has 18 heavy (non-hydrogen) atoms. The topological polar surface area (TPSA) is 26.0 Å². The quantitative estimate of drug-likeness (QED) is 0.852. The number of hydrogen-bond acceptors (Lipinski definition) is 1. The number of halogens is 2. The molecule has 3 unspecified atom stereocenters. The van der Waals surface area contributed by atoms with Crippen molar-refractivity contribution < 1.29 is 4.39 Å². The molecule has 0 amide bonds. The number of benzene rings is 1. The van der Waals surface area contributed by atoms with Crippen LogP contribution < -0.4 is 5.73 Å². The van der Waals surface area contributed by atoms with Gasteiger partial charge >= 0.3 is 0 Å². The van der Waals surface area contributed by atoms with Crippen LogP contribution in [-0.4, -0.2) is 0 Å². The van der Waals surface area contributed by atoms with Crippen molar-refractivity contribution in [3.63, 3.8) is 0 Å². The summed E-state index contributed by atoms with van der Waals surface area (Å²) < 4.78 is 14.1. The normalized spacial score (nSPS) is 26.0. The van der Waals surface area contributed by atoms with Gasteiger partial charge < -0.3 is 5.73 Å². The minimum atomic E-state index is -0.217. The Morgan fingerprint density at radius 1 is 1.44 bits per heavy atom. The van der Waals surface area contributed by atoms with Crippen LogP contribution in [0.4, 0.5) is 4.39 Å². The van der Waals surface area contributed by atoms with Gasteiger partial charge in [-0.3, -0.25) is 0 Å². The minimum absolute atomic E-state index is 0.0515. The molecule has 0 radical (unpaired) electrons. The maximum Gasteiger partial charge on any atom is 0.137 e. The molecule has 1 aromatic rings. The van der Waals surface area contributed by atoms with E-state index in [4.69, 9.17) is 5.73 Å². The summed E-state index contributed by atoms with van der Waals surface area (Å²) in [5, 5.41) is 0. The van der Waals surface area contributed by atoms with E-state index in [2.05, 4.69) is 22.9 Å². The van der Waals surface area contributed by atoms with Gasteiger partial charge in [-0.2, -0.15) is 0 Å². The Hall–Kier alpha value is -0.410. The summed E-state index contributed by atoms with van der Waals surface area (Å²) in [4.78, 5) is 0. The maximum absolute atomic E-state index is 13.5. The van der Waals surface area contributed by atoms with Gasteiger partial charge in [-0.05, 0) is 52.2 Å². The first-order valence-corrected chi connectivity index (χ1v) is 7.62. The van der Waals surface area contributed by atoms with Crippen molar-refractivity contribution in [2.24, 2.45) is 17.6 Å². The zero-order chi connectivity index (χ0) is 13.1. The lowest BCUT2D eigenvalue weighted by Crippen LogP contribution is -2.27. The van der Waals surface area contributed by atoms with Crippen molar-refractivity contribution in [1.82, 2.24) is 0 Å². The van der Waals surface area contributed by atoms with E-state index in [1.165, 1.54) is 38.2 Å². The number of rotatable bonds is 3. The number of hydrogen-bond donors (Lipinski definition) is 1. The van der Waals surface area contributed by atoms with Crippen LogP contribution in [0.15, 0.2) is 22.7 Å². The molecule has 3 heteroatoms. The van der Waals surface area contributed by atoms with Crippen LogP contribution in [0.5, 0.6) is 0 Å². The van der Waals surface area contributed by atoms with Gasteiger partial charge in [-0.1, -0.05) is 38.3 Å². The second-order valence-corrected chi connectivity index (χ2v) is 6.16. The zero-order valence-corrected chi connectivity index (χ0v) is 12.4. The van der Waals surface area contributed by atoms with Crippen LogP contribution in [0.3, 0.4) is 0 Å². The van der Waals surface area contributed by atoms with Gasteiger partial charge in [-0.25, -0.2) is 4.39 Å². The Labute approximate surface area is 117 Å². The molecule has 1 saturated carbocycles. The Morgan fingerprint density at radius 3 is 2.94 bits per heavy atom. The fourth-order valence-electron chi connectivity index (χ4n) is 3.06. The summed E-state index contributed by atoms with van der Waals surface area (Å²) in [6, 6.07) is 5.10. The van der Waals surface area contributed by atoms with E-state index >= 15 is 0 Å². The van der Waals surface area contributed by atoms with Crippen molar-refractivity contribution in [3.8, 4) is 0 Å². The third kappa shape index (κ3) is 2.94. The average molecular weight is 314 g/mol. The van der Waals surface area contributed by atoms with Gasteiger partial charge in [0.2, 0.25) is 0 Å². The molecule has 1 aliphatic carbocycles. The Kier molecular flexibility index (Phi) is 4.79. The van der Waals surface area contributed by atoms with E-state index in [1.54, 1.807) is 6.07 Å².